The molecule has 4 rings (SSSR count). The molecule has 3 aromatic rings. The first-order valence-electron chi connectivity index (χ1n) is 9.52. The van der Waals surface area contributed by atoms with Gasteiger partial charge in [0, 0.05) is 24.0 Å². The van der Waals surface area contributed by atoms with Gasteiger partial charge in [-0.3, -0.25) is 14.6 Å². The Morgan fingerprint density at radius 3 is 2.62 bits per heavy atom. The summed E-state index contributed by atoms with van der Waals surface area (Å²) in [6, 6.07) is 23.8. The number of amides is 2. The molecule has 5 nitrogen and oxygen atoms in total. The molecular weight excluding hydrogens is 382 g/mol. The van der Waals surface area contributed by atoms with Crippen molar-refractivity contribution in [2.24, 2.45) is 4.99 Å². The van der Waals surface area contributed by atoms with Gasteiger partial charge in [0.25, 0.3) is 0 Å². The smallest absolute Gasteiger partial charge is 0.240 e. The number of nitrogens with zero attached hydrogens (tertiary/aromatic N) is 1. The van der Waals surface area contributed by atoms with Crippen molar-refractivity contribution in [2.75, 3.05) is 11.9 Å². The molecule has 3 aromatic carbocycles. The molecule has 0 aliphatic carbocycles. The largest absolute Gasteiger partial charge is 0.325 e. The van der Waals surface area contributed by atoms with E-state index in [2.05, 4.69) is 27.8 Å². The van der Waals surface area contributed by atoms with Crippen LogP contribution in [0.3, 0.4) is 0 Å². The van der Waals surface area contributed by atoms with Crippen LogP contribution < -0.4 is 10.6 Å². The van der Waals surface area contributed by atoms with Gasteiger partial charge in [0.05, 0.1) is 0 Å². The summed E-state index contributed by atoms with van der Waals surface area (Å²) >= 11 is 1.32. The number of aliphatic imine (C=N–C) groups is 1. The fraction of sp³-hybridized carbons (Fsp3) is 0.174. The van der Waals surface area contributed by atoms with Crippen LogP contribution in [0.1, 0.15) is 12.0 Å². The lowest BCUT2D eigenvalue weighted by molar-refractivity contribution is -0.122. The molecule has 2 N–H and O–H groups in total. The van der Waals surface area contributed by atoms with E-state index < -0.39 is 5.25 Å². The van der Waals surface area contributed by atoms with Crippen LogP contribution in [-0.4, -0.2) is 28.8 Å². The molecule has 6 heteroatoms. The van der Waals surface area contributed by atoms with Gasteiger partial charge in [0.15, 0.2) is 5.17 Å². The van der Waals surface area contributed by atoms with Crippen molar-refractivity contribution in [1.82, 2.24) is 5.32 Å². The number of fused-ring (bicyclic) bond motifs is 1. The van der Waals surface area contributed by atoms with Crippen LogP contribution in [0.15, 0.2) is 77.8 Å². The number of hydrogen-bond donors (Lipinski definition) is 2. The minimum atomic E-state index is -0.458. The first-order valence-corrected chi connectivity index (χ1v) is 10.4. The standard InChI is InChI=1S/C23H21N3O2S/c27-21(25-19-12-6-10-17-9-4-5-11-18(17)19)15-20-22(28)26-23(29-20)24-14-13-16-7-2-1-3-8-16/h1-12,20H,13-15H2,(H,25,27)(H,24,26,28)/t20-/m0/s1. The van der Waals surface area contributed by atoms with E-state index in [0.717, 1.165) is 22.9 Å². The van der Waals surface area contributed by atoms with E-state index in [9.17, 15) is 9.59 Å². The van der Waals surface area contributed by atoms with E-state index in [1.54, 1.807) is 0 Å². The van der Waals surface area contributed by atoms with Crippen LogP contribution in [0, 0.1) is 0 Å². The number of carbonyl (C=O) groups is 2. The van der Waals surface area contributed by atoms with Crippen molar-refractivity contribution in [3.05, 3.63) is 78.4 Å². The maximum atomic E-state index is 12.5. The Morgan fingerprint density at radius 1 is 1.00 bits per heavy atom. The van der Waals surface area contributed by atoms with Gasteiger partial charge in [-0.25, -0.2) is 0 Å². The lowest BCUT2D eigenvalue weighted by Gasteiger charge is -2.10. The lowest BCUT2D eigenvalue weighted by atomic mass is 10.1. The lowest BCUT2D eigenvalue weighted by Crippen LogP contribution is -2.28. The van der Waals surface area contributed by atoms with Gasteiger partial charge in [0.2, 0.25) is 11.8 Å². The van der Waals surface area contributed by atoms with Gasteiger partial charge >= 0.3 is 0 Å². The van der Waals surface area contributed by atoms with Crippen LogP contribution in [0.2, 0.25) is 0 Å². The average molecular weight is 404 g/mol. The zero-order valence-corrected chi connectivity index (χ0v) is 16.6. The molecule has 0 bridgehead atoms. The quantitative estimate of drug-likeness (QED) is 0.654. The molecule has 0 saturated carbocycles. The molecule has 0 aromatic heterocycles. The summed E-state index contributed by atoms with van der Waals surface area (Å²) in [5, 5.41) is 7.90. The zero-order chi connectivity index (χ0) is 20.1. The van der Waals surface area contributed by atoms with Gasteiger partial charge < -0.3 is 10.6 Å². The molecule has 2 amide bonds. The predicted molar refractivity (Wildman–Crippen MR) is 119 cm³/mol. The maximum Gasteiger partial charge on any atom is 0.240 e. The number of hydrogen-bond acceptors (Lipinski definition) is 4. The molecule has 0 spiro atoms. The summed E-state index contributed by atoms with van der Waals surface area (Å²) in [4.78, 5) is 29.2. The Bertz CT molecular complexity index is 1060. The number of rotatable bonds is 6. The van der Waals surface area contributed by atoms with Gasteiger partial charge in [-0.15, -0.1) is 0 Å². The van der Waals surface area contributed by atoms with Gasteiger partial charge in [0.1, 0.15) is 5.25 Å². The molecule has 1 atom stereocenters. The Hall–Kier alpha value is -3.12. The Morgan fingerprint density at radius 2 is 1.76 bits per heavy atom. The SMILES string of the molecule is O=C(C[C@@H]1SC(=NCCc2ccccc2)NC1=O)Nc1cccc2ccccc12. The summed E-state index contributed by atoms with van der Waals surface area (Å²) < 4.78 is 0. The average Bonchev–Trinajstić information content (AvgIpc) is 3.08. The first-order chi connectivity index (χ1) is 14.2. The molecule has 1 aliphatic heterocycles. The van der Waals surface area contributed by atoms with Crippen LogP contribution in [-0.2, 0) is 16.0 Å². The van der Waals surface area contributed by atoms with Gasteiger partial charge in [-0.1, -0.05) is 78.5 Å². The predicted octanol–water partition coefficient (Wildman–Crippen LogP) is 4.00. The molecule has 0 unspecified atom stereocenters. The Balaban J connectivity index is 1.34. The van der Waals surface area contributed by atoms with E-state index in [1.165, 1.54) is 17.3 Å². The van der Waals surface area contributed by atoms with Crippen LogP contribution in [0.5, 0.6) is 0 Å². The molecule has 1 aliphatic rings. The van der Waals surface area contributed by atoms with E-state index in [0.29, 0.717) is 11.7 Å². The van der Waals surface area contributed by atoms with Crippen molar-refractivity contribution >= 4 is 45.2 Å². The Kier molecular flexibility index (Phi) is 5.91. The number of carbonyl (C=O) groups excluding carboxylic acids is 2. The monoisotopic (exact) mass is 403 g/mol. The number of benzene rings is 3. The van der Waals surface area contributed by atoms with Gasteiger partial charge in [-0.2, -0.15) is 0 Å². The summed E-state index contributed by atoms with van der Waals surface area (Å²) in [6.07, 6.45) is 0.921. The fourth-order valence-electron chi connectivity index (χ4n) is 3.25. The third-order valence-corrected chi connectivity index (χ3v) is 5.83. The van der Waals surface area contributed by atoms with Crippen molar-refractivity contribution < 1.29 is 9.59 Å². The highest BCUT2D eigenvalue weighted by Gasteiger charge is 2.32. The summed E-state index contributed by atoms with van der Waals surface area (Å²) in [5.41, 5.74) is 1.96. The second-order valence-electron chi connectivity index (χ2n) is 6.80. The molecule has 0 radical (unpaired) electrons. The van der Waals surface area contributed by atoms with Crippen LogP contribution in [0.25, 0.3) is 10.8 Å². The van der Waals surface area contributed by atoms with Crippen molar-refractivity contribution in [1.29, 1.82) is 0 Å². The van der Waals surface area contributed by atoms with E-state index in [1.807, 2.05) is 60.7 Å². The summed E-state index contributed by atoms with van der Waals surface area (Å²) in [7, 11) is 0. The molecular formula is C23H21N3O2S. The number of anilines is 1. The van der Waals surface area contributed by atoms with Crippen molar-refractivity contribution in [2.45, 2.75) is 18.1 Å². The third-order valence-electron chi connectivity index (χ3n) is 4.71. The van der Waals surface area contributed by atoms with Crippen LogP contribution >= 0.6 is 11.8 Å². The second kappa shape index (κ2) is 8.92. The topological polar surface area (TPSA) is 70.6 Å². The highest BCUT2D eigenvalue weighted by Crippen LogP contribution is 2.26. The fourth-order valence-corrected chi connectivity index (χ4v) is 4.25. The summed E-state index contributed by atoms with van der Waals surface area (Å²) in [6.45, 7) is 0.599. The summed E-state index contributed by atoms with van der Waals surface area (Å²) in [5.74, 6) is -0.346. The van der Waals surface area contributed by atoms with Gasteiger partial charge in [-0.05, 0) is 23.4 Å². The highest BCUT2D eigenvalue weighted by atomic mass is 32.2. The molecule has 146 valence electrons. The first kappa shape index (κ1) is 19.2. The molecule has 1 saturated heterocycles. The molecule has 29 heavy (non-hydrogen) atoms. The van der Waals surface area contributed by atoms with E-state index >= 15 is 0 Å². The maximum absolute atomic E-state index is 12.5. The number of amidine groups is 1. The number of thioether (sulfide) groups is 1. The molecule has 1 heterocycles. The minimum absolute atomic E-state index is 0.109. The van der Waals surface area contributed by atoms with E-state index in [-0.39, 0.29) is 18.2 Å². The Labute approximate surface area is 173 Å². The normalized spacial score (nSPS) is 17.4. The minimum Gasteiger partial charge on any atom is -0.325 e. The van der Waals surface area contributed by atoms with E-state index in [4.69, 9.17) is 0 Å². The van der Waals surface area contributed by atoms with Crippen molar-refractivity contribution in [3.8, 4) is 0 Å². The highest BCUT2D eigenvalue weighted by molar-refractivity contribution is 8.15. The second-order valence-corrected chi connectivity index (χ2v) is 7.99. The van der Waals surface area contributed by atoms with Crippen molar-refractivity contribution in [3.63, 3.8) is 0 Å². The number of nitrogens with one attached hydrogen (secondary N) is 2. The third kappa shape index (κ3) is 4.84. The zero-order valence-electron chi connectivity index (χ0n) is 15.8. The molecule has 1 fully saturated rings. The van der Waals surface area contributed by atoms with Crippen LogP contribution in [0.4, 0.5) is 5.69 Å².